The van der Waals surface area contributed by atoms with E-state index >= 15 is 0 Å². The summed E-state index contributed by atoms with van der Waals surface area (Å²) in [6.07, 6.45) is 4.86. The molecular formula is C16H20N4O. The minimum atomic E-state index is 0.515. The molecule has 1 unspecified atom stereocenters. The van der Waals surface area contributed by atoms with E-state index in [1.165, 1.54) is 5.56 Å². The zero-order valence-corrected chi connectivity index (χ0v) is 12.2. The van der Waals surface area contributed by atoms with Crippen LogP contribution in [-0.2, 0) is 6.54 Å². The maximum absolute atomic E-state index is 5.64. The summed E-state index contributed by atoms with van der Waals surface area (Å²) in [5.41, 5.74) is 1.30. The highest BCUT2D eigenvalue weighted by atomic mass is 16.5. The molecule has 0 amide bonds. The Morgan fingerprint density at radius 2 is 2.14 bits per heavy atom. The second-order valence-corrected chi connectivity index (χ2v) is 5.38. The number of hydrogen-bond donors (Lipinski definition) is 1. The minimum Gasteiger partial charge on any atom is -0.438 e. The van der Waals surface area contributed by atoms with E-state index in [0.29, 0.717) is 11.9 Å². The van der Waals surface area contributed by atoms with Crippen molar-refractivity contribution < 1.29 is 4.74 Å². The van der Waals surface area contributed by atoms with Crippen LogP contribution in [0, 0.1) is 0 Å². The van der Waals surface area contributed by atoms with Gasteiger partial charge in [-0.25, -0.2) is 4.98 Å². The van der Waals surface area contributed by atoms with Gasteiger partial charge in [0, 0.05) is 44.6 Å². The van der Waals surface area contributed by atoms with Gasteiger partial charge < -0.3 is 10.1 Å². The molecule has 2 aromatic rings. The van der Waals surface area contributed by atoms with Crippen LogP contribution in [0.4, 0.5) is 0 Å². The Hall–Kier alpha value is -1.98. The molecule has 1 aromatic carbocycles. The fourth-order valence-corrected chi connectivity index (χ4v) is 2.54. The predicted molar refractivity (Wildman–Crippen MR) is 81.3 cm³/mol. The summed E-state index contributed by atoms with van der Waals surface area (Å²) in [5, 5.41) is 3.46. The third-order valence-corrected chi connectivity index (χ3v) is 3.54. The lowest BCUT2D eigenvalue weighted by molar-refractivity contribution is 0.199. The van der Waals surface area contributed by atoms with E-state index < -0.39 is 0 Å². The average molecular weight is 284 g/mol. The third-order valence-electron chi connectivity index (χ3n) is 3.54. The molecule has 110 valence electrons. The van der Waals surface area contributed by atoms with Gasteiger partial charge in [-0.1, -0.05) is 12.1 Å². The zero-order valence-electron chi connectivity index (χ0n) is 12.2. The number of hydrogen-bond acceptors (Lipinski definition) is 5. The first-order valence-electron chi connectivity index (χ1n) is 7.28. The number of piperazine rings is 1. The van der Waals surface area contributed by atoms with Crippen molar-refractivity contribution in [2.45, 2.75) is 19.5 Å². The van der Waals surface area contributed by atoms with Crippen molar-refractivity contribution in [3.05, 3.63) is 48.4 Å². The van der Waals surface area contributed by atoms with Crippen LogP contribution in [0.1, 0.15) is 12.5 Å². The first kappa shape index (κ1) is 14.0. The predicted octanol–water partition coefficient (Wildman–Crippen LogP) is 2.06. The lowest BCUT2D eigenvalue weighted by Gasteiger charge is -2.31. The first-order valence-corrected chi connectivity index (χ1v) is 7.28. The van der Waals surface area contributed by atoms with Crippen molar-refractivity contribution in [1.82, 2.24) is 20.2 Å². The Bertz CT molecular complexity index is 558. The summed E-state index contributed by atoms with van der Waals surface area (Å²) in [4.78, 5) is 10.6. The average Bonchev–Trinajstić information content (AvgIpc) is 2.50. The first-order chi connectivity index (χ1) is 10.3. The van der Waals surface area contributed by atoms with Crippen molar-refractivity contribution in [2.75, 3.05) is 19.6 Å². The number of nitrogens with zero attached hydrogens (tertiary/aromatic N) is 3. The van der Waals surface area contributed by atoms with Gasteiger partial charge in [0.2, 0.25) is 5.88 Å². The highest BCUT2D eigenvalue weighted by Gasteiger charge is 2.15. The quantitative estimate of drug-likeness (QED) is 0.931. The summed E-state index contributed by atoms with van der Waals surface area (Å²) in [6, 6.07) is 8.75. The van der Waals surface area contributed by atoms with E-state index in [1.54, 1.807) is 18.6 Å². The molecule has 1 saturated heterocycles. The summed E-state index contributed by atoms with van der Waals surface area (Å²) in [7, 11) is 0. The van der Waals surface area contributed by atoms with Crippen molar-refractivity contribution >= 4 is 0 Å². The van der Waals surface area contributed by atoms with Crippen LogP contribution >= 0.6 is 0 Å². The third kappa shape index (κ3) is 4.00. The molecule has 1 aliphatic rings. The Labute approximate surface area is 125 Å². The highest BCUT2D eigenvalue weighted by Crippen LogP contribution is 2.19. The number of benzene rings is 1. The summed E-state index contributed by atoms with van der Waals surface area (Å²) < 4.78 is 5.64. The standard InChI is InChI=1S/C16H20N4O/c1-13-11-20(9-8-18-13)12-14-2-4-15(5-3-14)21-16-10-17-6-7-19-16/h2-7,10,13,18H,8-9,11-12H2,1H3. The van der Waals surface area contributed by atoms with E-state index in [-0.39, 0.29) is 0 Å². The van der Waals surface area contributed by atoms with E-state index in [0.717, 1.165) is 31.9 Å². The normalized spacial score (nSPS) is 19.4. The van der Waals surface area contributed by atoms with Gasteiger partial charge in [0.1, 0.15) is 5.75 Å². The van der Waals surface area contributed by atoms with Gasteiger partial charge in [0.15, 0.2) is 0 Å². The number of rotatable bonds is 4. The molecule has 1 atom stereocenters. The second-order valence-electron chi connectivity index (χ2n) is 5.38. The second kappa shape index (κ2) is 6.65. The van der Waals surface area contributed by atoms with Gasteiger partial charge in [-0.2, -0.15) is 0 Å². The van der Waals surface area contributed by atoms with E-state index in [4.69, 9.17) is 4.74 Å². The molecule has 21 heavy (non-hydrogen) atoms. The molecule has 1 aliphatic heterocycles. The van der Waals surface area contributed by atoms with Crippen LogP contribution in [0.2, 0.25) is 0 Å². The highest BCUT2D eigenvalue weighted by molar-refractivity contribution is 5.29. The Morgan fingerprint density at radius 1 is 1.29 bits per heavy atom. The molecule has 3 rings (SSSR count). The van der Waals surface area contributed by atoms with Crippen molar-refractivity contribution in [3.63, 3.8) is 0 Å². The molecule has 1 aromatic heterocycles. The molecule has 0 spiro atoms. The van der Waals surface area contributed by atoms with Crippen LogP contribution in [0.25, 0.3) is 0 Å². The van der Waals surface area contributed by atoms with Gasteiger partial charge in [-0.05, 0) is 24.6 Å². The lowest BCUT2D eigenvalue weighted by Crippen LogP contribution is -2.48. The molecule has 1 fully saturated rings. The maximum atomic E-state index is 5.64. The molecular weight excluding hydrogens is 264 g/mol. The van der Waals surface area contributed by atoms with Gasteiger partial charge in [0.05, 0.1) is 6.20 Å². The Balaban J connectivity index is 1.59. The maximum Gasteiger partial charge on any atom is 0.237 e. The van der Waals surface area contributed by atoms with Crippen LogP contribution < -0.4 is 10.1 Å². The summed E-state index contributed by atoms with van der Waals surface area (Å²) >= 11 is 0. The summed E-state index contributed by atoms with van der Waals surface area (Å²) in [6.45, 7) is 6.47. The smallest absolute Gasteiger partial charge is 0.237 e. The SMILES string of the molecule is CC1CN(Cc2ccc(Oc3cnccn3)cc2)CCN1. The fraction of sp³-hybridized carbons (Fsp3) is 0.375. The monoisotopic (exact) mass is 284 g/mol. The van der Waals surface area contributed by atoms with Crippen LogP contribution in [-0.4, -0.2) is 40.5 Å². The van der Waals surface area contributed by atoms with Crippen LogP contribution in [0.5, 0.6) is 11.6 Å². The fourth-order valence-electron chi connectivity index (χ4n) is 2.54. The number of nitrogens with one attached hydrogen (secondary N) is 1. The van der Waals surface area contributed by atoms with Gasteiger partial charge in [-0.3, -0.25) is 9.88 Å². The Kier molecular flexibility index (Phi) is 4.43. The van der Waals surface area contributed by atoms with Crippen molar-refractivity contribution in [2.24, 2.45) is 0 Å². The van der Waals surface area contributed by atoms with Gasteiger partial charge in [0.25, 0.3) is 0 Å². The zero-order chi connectivity index (χ0) is 14.5. The molecule has 0 saturated carbocycles. The molecule has 2 heterocycles. The van der Waals surface area contributed by atoms with Gasteiger partial charge in [-0.15, -0.1) is 0 Å². The molecule has 0 bridgehead atoms. The van der Waals surface area contributed by atoms with E-state index in [1.807, 2.05) is 12.1 Å². The van der Waals surface area contributed by atoms with Crippen molar-refractivity contribution in [1.29, 1.82) is 0 Å². The van der Waals surface area contributed by atoms with Crippen LogP contribution in [0.15, 0.2) is 42.9 Å². The number of ether oxygens (including phenoxy) is 1. The van der Waals surface area contributed by atoms with E-state index in [2.05, 4.69) is 39.2 Å². The molecule has 5 nitrogen and oxygen atoms in total. The minimum absolute atomic E-state index is 0.515. The molecule has 5 heteroatoms. The number of aromatic nitrogens is 2. The van der Waals surface area contributed by atoms with Gasteiger partial charge >= 0.3 is 0 Å². The van der Waals surface area contributed by atoms with Crippen LogP contribution in [0.3, 0.4) is 0 Å². The summed E-state index contributed by atoms with van der Waals surface area (Å²) in [5.74, 6) is 1.30. The largest absolute Gasteiger partial charge is 0.438 e. The lowest BCUT2D eigenvalue weighted by atomic mass is 10.1. The molecule has 0 radical (unpaired) electrons. The van der Waals surface area contributed by atoms with Crippen molar-refractivity contribution in [3.8, 4) is 11.6 Å². The van der Waals surface area contributed by atoms with E-state index in [9.17, 15) is 0 Å². The Morgan fingerprint density at radius 3 is 2.86 bits per heavy atom. The molecule has 0 aliphatic carbocycles. The molecule has 1 N–H and O–H groups in total. The topological polar surface area (TPSA) is 50.3 Å².